The standard InChI is InChI=1S/C18H26N4OS.HI/c1-6-23-16-9-7-15(8-10-16)12-22(5)18(19-4)20-11-17-21-13(2)14(3)24-17;/h7-10H,6,11-12H2,1-5H3,(H,19,20);1H. The summed E-state index contributed by atoms with van der Waals surface area (Å²) in [6.07, 6.45) is 0. The fourth-order valence-electron chi connectivity index (χ4n) is 2.36. The molecular weight excluding hydrogens is 447 g/mol. The first-order valence-corrected chi connectivity index (χ1v) is 8.91. The van der Waals surface area contributed by atoms with Gasteiger partial charge in [0, 0.05) is 25.5 Å². The van der Waals surface area contributed by atoms with Gasteiger partial charge >= 0.3 is 0 Å². The number of rotatable bonds is 6. The highest BCUT2D eigenvalue weighted by Gasteiger charge is 2.09. The number of hydrogen-bond donors (Lipinski definition) is 1. The van der Waals surface area contributed by atoms with Crippen molar-refractivity contribution in [1.82, 2.24) is 15.2 Å². The lowest BCUT2D eigenvalue weighted by Gasteiger charge is -2.22. The van der Waals surface area contributed by atoms with Crippen molar-refractivity contribution in [3.8, 4) is 5.75 Å². The van der Waals surface area contributed by atoms with E-state index < -0.39 is 0 Å². The molecule has 0 amide bonds. The van der Waals surface area contributed by atoms with Crippen molar-refractivity contribution in [1.29, 1.82) is 0 Å². The van der Waals surface area contributed by atoms with Crippen LogP contribution in [0.5, 0.6) is 5.75 Å². The third-order valence-corrected chi connectivity index (χ3v) is 4.77. The summed E-state index contributed by atoms with van der Waals surface area (Å²) in [6, 6.07) is 8.18. The van der Waals surface area contributed by atoms with E-state index in [4.69, 9.17) is 4.74 Å². The first-order chi connectivity index (χ1) is 11.5. The summed E-state index contributed by atoms with van der Waals surface area (Å²) in [5.41, 5.74) is 2.32. The first kappa shape index (κ1) is 21.7. The summed E-state index contributed by atoms with van der Waals surface area (Å²) in [7, 11) is 3.83. The van der Waals surface area contributed by atoms with Gasteiger partial charge in [-0.2, -0.15) is 0 Å². The summed E-state index contributed by atoms with van der Waals surface area (Å²) < 4.78 is 5.48. The van der Waals surface area contributed by atoms with Crippen LogP contribution in [0.1, 0.15) is 28.1 Å². The lowest BCUT2D eigenvalue weighted by atomic mass is 10.2. The average molecular weight is 474 g/mol. The SMILES string of the molecule is CCOc1ccc(CN(C)C(=NC)NCc2nc(C)c(C)s2)cc1.I. The lowest BCUT2D eigenvalue weighted by molar-refractivity contribution is 0.340. The Hall–Kier alpha value is -1.35. The minimum Gasteiger partial charge on any atom is -0.494 e. The smallest absolute Gasteiger partial charge is 0.194 e. The van der Waals surface area contributed by atoms with Gasteiger partial charge in [0.15, 0.2) is 5.96 Å². The number of hydrogen-bond acceptors (Lipinski definition) is 4. The van der Waals surface area contributed by atoms with Gasteiger partial charge in [-0.15, -0.1) is 35.3 Å². The third-order valence-electron chi connectivity index (χ3n) is 3.70. The Morgan fingerprint density at radius 1 is 1.28 bits per heavy atom. The predicted octanol–water partition coefficient (Wildman–Crippen LogP) is 3.98. The van der Waals surface area contributed by atoms with Gasteiger partial charge in [-0.1, -0.05) is 12.1 Å². The molecule has 0 spiro atoms. The molecule has 1 aromatic heterocycles. The van der Waals surface area contributed by atoms with Crippen LogP contribution in [0.4, 0.5) is 0 Å². The Balaban J connectivity index is 0.00000312. The number of aryl methyl sites for hydroxylation is 2. The van der Waals surface area contributed by atoms with Gasteiger partial charge in [-0.25, -0.2) is 4.98 Å². The monoisotopic (exact) mass is 474 g/mol. The molecule has 0 aliphatic carbocycles. The van der Waals surface area contributed by atoms with E-state index in [-0.39, 0.29) is 24.0 Å². The quantitative estimate of drug-likeness (QED) is 0.391. The molecule has 25 heavy (non-hydrogen) atoms. The second kappa shape index (κ2) is 10.6. The molecule has 0 radical (unpaired) electrons. The van der Waals surface area contributed by atoms with Crippen molar-refractivity contribution in [3.05, 3.63) is 45.4 Å². The van der Waals surface area contributed by atoms with Crippen molar-refractivity contribution < 1.29 is 4.74 Å². The maximum Gasteiger partial charge on any atom is 0.194 e. The maximum absolute atomic E-state index is 5.48. The van der Waals surface area contributed by atoms with E-state index in [0.717, 1.165) is 29.0 Å². The van der Waals surface area contributed by atoms with Crippen molar-refractivity contribution in [3.63, 3.8) is 0 Å². The Labute approximate surface area is 171 Å². The topological polar surface area (TPSA) is 49.8 Å². The molecular formula is C18H27IN4OS. The minimum absolute atomic E-state index is 0. The number of aromatic nitrogens is 1. The van der Waals surface area contributed by atoms with Gasteiger partial charge < -0.3 is 15.0 Å². The highest BCUT2D eigenvalue weighted by molar-refractivity contribution is 14.0. The van der Waals surface area contributed by atoms with E-state index in [2.05, 4.69) is 39.2 Å². The zero-order chi connectivity index (χ0) is 17.5. The van der Waals surface area contributed by atoms with E-state index in [1.54, 1.807) is 18.4 Å². The molecule has 0 saturated heterocycles. The first-order valence-electron chi connectivity index (χ1n) is 8.10. The highest BCUT2D eigenvalue weighted by atomic mass is 127. The van der Waals surface area contributed by atoms with Gasteiger partial charge in [0.25, 0.3) is 0 Å². The van der Waals surface area contributed by atoms with Gasteiger partial charge in [-0.3, -0.25) is 4.99 Å². The number of nitrogens with one attached hydrogen (secondary N) is 1. The Kier molecular flexibility index (Phi) is 9.20. The third kappa shape index (κ3) is 6.47. The largest absolute Gasteiger partial charge is 0.494 e. The molecule has 0 atom stereocenters. The van der Waals surface area contributed by atoms with Gasteiger partial charge in [-0.05, 0) is 38.5 Å². The van der Waals surface area contributed by atoms with Crippen LogP contribution in [0.3, 0.4) is 0 Å². The van der Waals surface area contributed by atoms with Crippen molar-refractivity contribution in [2.75, 3.05) is 20.7 Å². The number of guanidine groups is 1. The number of benzene rings is 1. The van der Waals surface area contributed by atoms with E-state index in [1.165, 1.54) is 10.4 Å². The zero-order valence-corrected chi connectivity index (χ0v) is 18.6. The summed E-state index contributed by atoms with van der Waals surface area (Å²) in [6.45, 7) is 8.29. The normalized spacial score (nSPS) is 11.0. The molecule has 7 heteroatoms. The molecule has 1 N–H and O–H groups in total. The number of halogens is 1. The molecule has 5 nitrogen and oxygen atoms in total. The lowest BCUT2D eigenvalue weighted by Crippen LogP contribution is -2.38. The van der Waals surface area contributed by atoms with Crippen LogP contribution in [0.15, 0.2) is 29.3 Å². The highest BCUT2D eigenvalue weighted by Crippen LogP contribution is 2.16. The van der Waals surface area contributed by atoms with Crippen LogP contribution < -0.4 is 10.1 Å². The molecule has 1 aromatic carbocycles. The molecule has 2 aromatic rings. The van der Waals surface area contributed by atoms with Crippen molar-refractivity contribution in [2.45, 2.75) is 33.9 Å². The van der Waals surface area contributed by atoms with E-state index >= 15 is 0 Å². The predicted molar refractivity (Wildman–Crippen MR) is 116 cm³/mol. The van der Waals surface area contributed by atoms with Gasteiger partial charge in [0.2, 0.25) is 0 Å². The Morgan fingerprint density at radius 2 is 1.96 bits per heavy atom. The zero-order valence-electron chi connectivity index (χ0n) is 15.5. The van der Waals surface area contributed by atoms with Gasteiger partial charge in [0.05, 0.1) is 18.8 Å². The van der Waals surface area contributed by atoms with Crippen molar-refractivity contribution in [2.24, 2.45) is 4.99 Å². The Morgan fingerprint density at radius 3 is 2.48 bits per heavy atom. The molecule has 0 saturated carbocycles. The molecule has 138 valence electrons. The number of thiazole rings is 1. The van der Waals surface area contributed by atoms with Crippen LogP contribution >= 0.6 is 35.3 Å². The molecule has 0 aliphatic heterocycles. The van der Waals surface area contributed by atoms with Crippen LogP contribution in [0.2, 0.25) is 0 Å². The maximum atomic E-state index is 5.48. The van der Waals surface area contributed by atoms with Crippen LogP contribution in [-0.4, -0.2) is 36.5 Å². The number of aliphatic imine (C=N–C) groups is 1. The van der Waals surface area contributed by atoms with E-state index in [0.29, 0.717) is 13.2 Å². The van der Waals surface area contributed by atoms with Gasteiger partial charge in [0.1, 0.15) is 10.8 Å². The fourth-order valence-corrected chi connectivity index (χ4v) is 3.23. The second-order valence-corrected chi connectivity index (χ2v) is 6.87. The molecule has 1 heterocycles. The van der Waals surface area contributed by atoms with E-state index in [9.17, 15) is 0 Å². The second-order valence-electron chi connectivity index (χ2n) is 5.58. The molecule has 0 aliphatic rings. The van der Waals surface area contributed by atoms with Crippen LogP contribution in [-0.2, 0) is 13.1 Å². The molecule has 0 bridgehead atoms. The molecule has 0 fully saturated rings. The number of ether oxygens (including phenoxy) is 1. The summed E-state index contributed by atoms with van der Waals surface area (Å²) in [4.78, 5) is 12.3. The fraction of sp³-hybridized carbons (Fsp3) is 0.444. The number of nitrogens with zero attached hydrogens (tertiary/aromatic N) is 3. The van der Waals surface area contributed by atoms with Crippen molar-refractivity contribution >= 4 is 41.3 Å². The summed E-state index contributed by atoms with van der Waals surface area (Å²) >= 11 is 1.73. The minimum atomic E-state index is 0. The summed E-state index contributed by atoms with van der Waals surface area (Å²) in [5.74, 6) is 1.76. The Bertz CT molecular complexity index is 665. The molecule has 0 unspecified atom stereocenters. The summed E-state index contributed by atoms with van der Waals surface area (Å²) in [5, 5.41) is 4.46. The molecule has 2 rings (SSSR count). The van der Waals surface area contributed by atoms with Crippen LogP contribution in [0.25, 0.3) is 0 Å². The van der Waals surface area contributed by atoms with Crippen LogP contribution in [0, 0.1) is 13.8 Å². The average Bonchev–Trinajstić information content (AvgIpc) is 2.88. The van der Waals surface area contributed by atoms with E-state index in [1.807, 2.05) is 33.0 Å².